The SMILES string of the molecule is CN1CCN(CCCn2ncc3ccc(-n4cnnc4)cc32)CC1. The Morgan fingerprint density at radius 2 is 1.79 bits per heavy atom. The molecule has 0 N–H and O–H groups in total. The van der Waals surface area contributed by atoms with Crippen LogP contribution in [-0.4, -0.2) is 74.1 Å². The highest BCUT2D eigenvalue weighted by atomic mass is 15.3. The van der Waals surface area contributed by atoms with Gasteiger partial charge in [-0.25, -0.2) is 0 Å². The molecule has 0 saturated carbocycles. The zero-order chi connectivity index (χ0) is 16.4. The summed E-state index contributed by atoms with van der Waals surface area (Å²) in [7, 11) is 2.20. The predicted octanol–water partition coefficient (Wildman–Crippen LogP) is 1.25. The van der Waals surface area contributed by atoms with Gasteiger partial charge >= 0.3 is 0 Å². The molecular formula is C17H23N7. The summed E-state index contributed by atoms with van der Waals surface area (Å²) < 4.78 is 4.03. The highest BCUT2D eigenvalue weighted by Crippen LogP contribution is 2.18. The summed E-state index contributed by atoms with van der Waals surface area (Å²) in [6, 6.07) is 6.33. The van der Waals surface area contributed by atoms with E-state index in [1.165, 1.54) is 37.1 Å². The molecule has 7 heteroatoms. The predicted molar refractivity (Wildman–Crippen MR) is 93.2 cm³/mol. The van der Waals surface area contributed by atoms with E-state index in [1.54, 1.807) is 12.7 Å². The second-order valence-corrected chi connectivity index (χ2v) is 6.48. The molecule has 1 saturated heterocycles. The number of nitrogens with zero attached hydrogens (tertiary/aromatic N) is 7. The van der Waals surface area contributed by atoms with Crippen LogP contribution in [0.15, 0.2) is 37.1 Å². The molecule has 3 heterocycles. The van der Waals surface area contributed by atoms with Gasteiger partial charge < -0.3 is 9.80 Å². The summed E-state index contributed by atoms with van der Waals surface area (Å²) in [6.45, 7) is 6.78. The minimum Gasteiger partial charge on any atom is -0.304 e. The molecule has 4 rings (SSSR count). The Morgan fingerprint density at radius 1 is 1.00 bits per heavy atom. The van der Waals surface area contributed by atoms with Gasteiger partial charge in [-0.1, -0.05) is 0 Å². The van der Waals surface area contributed by atoms with Gasteiger partial charge in [0.15, 0.2) is 0 Å². The molecule has 2 aromatic heterocycles. The molecule has 0 radical (unpaired) electrons. The number of rotatable bonds is 5. The molecule has 7 nitrogen and oxygen atoms in total. The van der Waals surface area contributed by atoms with Crippen molar-refractivity contribution in [1.82, 2.24) is 34.3 Å². The molecule has 1 aliphatic heterocycles. The molecule has 0 bridgehead atoms. The lowest BCUT2D eigenvalue weighted by Crippen LogP contribution is -2.44. The van der Waals surface area contributed by atoms with Gasteiger partial charge in [0.25, 0.3) is 0 Å². The van der Waals surface area contributed by atoms with Gasteiger partial charge in [-0.05, 0) is 38.2 Å². The summed E-state index contributed by atoms with van der Waals surface area (Å²) in [5.74, 6) is 0. The van der Waals surface area contributed by atoms with Crippen LogP contribution in [0.4, 0.5) is 0 Å². The van der Waals surface area contributed by atoms with Gasteiger partial charge in [-0.15, -0.1) is 10.2 Å². The Labute approximate surface area is 141 Å². The standard InChI is InChI=1S/C17H23N7/c1-21-7-9-22(10-8-21)5-2-6-24-17-11-16(23-13-18-19-14-23)4-3-15(17)12-20-24/h3-4,11-14H,2,5-10H2,1H3. The second kappa shape index (κ2) is 6.70. The number of hydrogen-bond donors (Lipinski definition) is 0. The molecule has 24 heavy (non-hydrogen) atoms. The average Bonchev–Trinajstić information content (AvgIpc) is 3.26. The maximum absolute atomic E-state index is 4.56. The van der Waals surface area contributed by atoms with Crippen LogP contribution in [0, 0.1) is 0 Å². The van der Waals surface area contributed by atoms with Crippen molar-refractivity contribution in [2.24, 2.45) is 0 Å². The number of aryl methyl sites for hydroxylation is 1. The lowest BCUT2D eigenvalue weighted by atomic mass is 10.2. The number of hydrogen-bond acceptors (Lipinski definition) is 5. The quantitative estimate of drug-likeness (QED) is 0.707. The molecule has 0 spiro atoms. The molecule has 1 aromatic carbocycles. The molecular weight excluding hydrogens is 302 g/mol. The smallest absolute Gasteiger partial charge is 0.123 e. The van der Waals surface area contributed by atoms with E-state index in [4.69, 9.17) is 0 Å². The number of benzene rings is 1. The van der Waals surface area contributed by atoms with Crippen molar-refractivity contribution < 1.29 is 0 Å². The third-order valence-corrected chi connectivity index (χ3v) is 4.79. The van der Waals surface area contributed by atoms with Crippen molar-refractivity contribution in [2.45, 2.75) is 13.0 Å². The van der Waals surface area contributed by atoms with Crippen LogP contribution < -0.4 is 0 Å². The third-order valence-electron chi connectivity index (χ3n) is 4.79. The van der Waals surface area contributed by atoms with Crippen molar-refractivity contribution in [3.05, 3.63) is 37.1 Å². The fourth-order valence-corrected chi connectivity index (χ4v) is 3.25. The number of likely N-dealkylation sites (N-methyl/N-ethyl adjacent to an activating group) is 1. The largest absolute Gasteiger partial charge is 0.304 e. The molecule has 0 atom stereocenters. The van der Waals surface area contributed by atoms with Crippen molar-refractivity contribution in [3.8, 4) is 5.69 Å². The van der Waals surface area contributed by atoms with E-state index < -0.39 is 0 Å². The molecule has 1 fully saturated rings. The second-order valence-electron chi connectivity index (χ2n) is 6.48. The van der Waals surface area contributed by atoms with Gasteiger partial charge in [-0.3, -0.25) is 9.25 Å². The van der Waals surface area contributed by atoms with Crippen molar-refractivity contribution in [1.29, 1.82) is 0 Å². The van der Waals surface area contributed by atoms with Crippen LogP contribution in [0.3, 0.4) is 0 Å². The monoisotopic (exact) mass is 325 g/mol. The summed E-state index contributed by atoms with van der Waals surface area (Å²) in [4.78, 5) is 4.94. The first-order chi connectivity index (χ1) is 11.8. The van der Waals surface area contributed by atoms with Gasteiger partial charge in [0, 0.05) is 38.1 Å². The van der Waals surface area contributed by atoms with E-state index >= 15 is 0 Å². The minimum atomic E-state index is 0.946. The topological polar surface area (TPSA) is 55.0 Å². The zero-order valence-electron chi connectivity index (χ0n) is 14.0. The van der Waals surface area contributed by atoms with E-state index in [2.05, 4.69) is 55.0 Å². The lowest BCUT2D eigenvalue weighted by molar-refractivity contribution is 0.151. The highest BCUT2D eigenvalue weighted by molar-refractivity contribution is 5.80. The number of piperazine rings is 1. The first kappa shape index (κ1) is 15.3. The van der Waals surface area contributed by atoms with E-state index in [1.807, 2.05) is 10.8 Å². The van der Waals surface area contributed by atoms with Gasteiger partial charge in [0.2, 0.25) is 0 Å². The Hall–Kier alpha value is -2.25. The Morgan fingerprint density at radius 3 is 2.58 bits per heavy atom. The number of fused-ring (bicyclic) bond motifs is 1. The maximum Gasteiger partial charge on any atom is 0.123 e. The van der Waals surface area contributed by atoms with Gasteiger partial charge in [0.05, 0.1) is 17.4 Å². The fourth-order valence-electron chi connectivity index (χ4n) is 3.25. The van der Waals surface area contributed by atoms with E-state index in [9.17, 15) is 0 Å². The van der Waals surface area contributed by atoms with Gasteiger partial charge in [0.1, 0.15) is 12.7 Å². The molecule has 0 unspecified atom stereocenters. The summed E-state index contributed by atoms with van der Waals surface area (Å²) in [5, 5.41) is 13.5. The Kier molecular flexibility index (Phi) is 4.27. The summed E-state index contributed by atoms with van der Waals surface area (Å²) in [6.07, 6.45) is 6.50. The van der Waals surface area contributed by atoms with Crippen LogP contribution in [0.1, 0.15) is 6.42 Å². The molecule has 0 amide bonds. The Balaban J connectivity index is 1.43. The normalized spacial score (nSPS) is 16.9. The number of aromatic nitrogens is 5. The van der Waals surface area contributed by atoms with E-state index in [0.717, 1.165) is 25.2 Å². The minimum absolute atomic E-state index is 0.946. The van der Waals surface area contributed by atoms with Crippen LogP contribution in [0.2, 0.25) is 0 Å². The zero-order valence-corrected chi connectivity index (χ0v) is 14.0. The van der Waals surface area contributed by atoms with Crippen LogP contribution in [0.25, 0.3) is 16.6 Å². The van der Waals surface area contributed by atoms with Crippen LogP contribution in [0.5, 0.6) is 0 Å². The maximum atomic E-state index is 4.56. The van der Waals surface area contributed by atoms with Crippen molar-refractivity contribution in [2.75, 3.05) is 39.8 Å². The Bertz CT molecular complexity index is 784. The molecule has 3 aromatic rings. The molecule has 0 aliphatic carbocycles. The van der Waals surface area contributed by atoms with Gasteiger partial charge in [-0.2, -0.15) is 5.10 Å². The summed E-state index contributed by atoms with van der Waals surface area (Å²) >= 11 is 0. The lowest BCUT2D eigenvalue weighted by Gasteiger charge is -2.32. The first-order valence-corrected chi connectivity index (χ1v) is 8.51. The van der Waals surface area contributed by atoms with E-state index in [-0.39, 0.29) is 0 Å². The molecule has 126 valence electrons. The van der Waals surface area contributed by atoms with Crippen LogP contribution >= 0.6 is 0 Å². The average molecular weight is 325 g/mol. The first-order valence-electron chi connectivity index (χ1n) is 8.51. The third kappa shape index (κ3) is 3.18. The van der Waals surface area contributed by atoms with E-state index in [0.29, 0.717) is 0 Å². The van der Waals surface area contributed by atoms with Crippen molar-refractivity contribution >= 4 is 10.9 Å². The highest BCUT2D eigenvalue weighted by Gasteiger charge is 2.13. The van der Waals surface area contributed by atoms with Crippen LogP contribution in [-0.2, 0) is 6.54 Å². The van der Waals surface area contributed by atoms with Crippen molar-refractivity contribution in [3.63, 3.8) is 0 Å². The fraction of sp³-hybridized carbons (Fsp3) is 0.471. The molecule has 1 aliphatic rings. The summed E-state index contributed by atoms with van der Waals surface area (Å²) in [5.41, 5.74) is 2.23.